The van der Waals surface area contributed by atoms with E-state index in [0.29, 0.717) is 32.7 Å². The van der Waals surface area contributed by atoms with E-state index in [2.05, 4.69) is 10.6 Å². The largest absolute Gasteiger partial charge is 1.00 e. The topological polar surface area (TPSA) is 97.9 Å². The van der Waals surface area contributed by atoms with Gasteiger partial charge < -0.3 is 29.7 Å². The Labute approximate surface area is 249 Å². The van der Waals surface area contributed by atoms with E-state index in [9.17, 15) is 14.4 Å². The van der Waals surface area contributed by atoms with Gasteiger partial charge in [-0.2, -0.15) is 0 Å². The quantitative estimate of drug-likeness (QED) is 0.158. The maximum atomic E-state index is 11.4. The van der Waals surface area contributed by atoms with Crippen LogP contribution in [0.15, 0.2) is 0 Å². The Morgan fingerprint density at radius 1 is 0.920 bits per heavy atom. The number of hydrogen-bond donors (Lipinski definition) is 0. The van der Waals surface area contributed by atoms with Gasteiger partial charge in [0.25, 0.3) is 0 Å². The summed E-state index contributed by atoms with van der Waals surface area (Å²) in [5.41, 5.74) is 0. The fraction of sp³-hybridized carbons (Fsp3) is 0.812. The second-order valence-electron chi connectivity index (χ2n) is 5.85. The van der Waals surface area contributed by atoms with Crippen molar-refractivity contribution < 1.29 is 140 Å². The molecule has 2 amide bonds. The Kier molecular flexibility index (Phi) is 26.2. The minimum Gasteiger partial charge on any atom is -0.651 e. The second kappa shape index (κ2) is 20.7. The minimum atomic E-state index is -0.481. The molecular formula is C16H28N2O5Rb2. The third-order valence-corrected chi connectivity index (χ3v) is 2.50. The van der Waals surface area contributed by atoms with Crippen LogP contribution in [0, 0.1) is 5.92 Å². The minimum absolute atomic E-state index is 0. The van der Waals surface area contributed by atoms with Gasteiger partial charge in [-0.25, -0.2) is 0 Å². The Morgan fingerprint density at radius 3 is 2.12 bits per heavy atom. The molecule has 25 heavy (non-hydrogen) atoms. The summed E-state index contributed by atoms with van der Waals surface area (Å²) in [6.07, 6.45) is 0.733. The van der Waals surface area contributed by atoms with Gasteiger partial charge in [0.2, 0.25) is 0 Å². The van der Waals surface area contributed by atoms with Gasteiger partial charge in [-0.3, -0.25) is 4.79 Å². The molecule has 0 saturated heterocycles. The predicted octanol–water partition coefficient (Wildman–Crippen LogP) is -3.41. The van der Waals surface area contributed by atoms with Crippen LogP contribution in [-0.4, -0.2) is 50.2 Å². The van der Waals surface area contributed by atoms with Crippen molar-refractivity contribution in [3.8, 4) is 0 Å². The molecule has 9 heteroatoms. The number of hydrogen-bond acceptors (Lipinski definition) is 5. The summed E-state index contributed by atoms with van der Waals surface area (Å²) in [6.45, 7) is 8.72. The van der Waals surface area contributed by atoms with Crippen molar-refractivity contribution in [2.24, 2.45) is 5.92 Å². The van der Waals surface area contributed by atoms with E-state index < -0.39 is 11.8 Å². The first-order valence-electron chi connectivity index (χ1n) is 7.98. The molecule has 134 valence electrons. The van der Waals surface area contributed by atoms with Gasteiger partial charge in [-0.1, -0.05) is 27.7 Å². The molecule has 0 N–H and O–H groups in total. The van der Waals surface area contributed by atoms with Crippen LogP contribution >= 0.6 is 0 Å². The summed E-state index contributed by atoms with van der Waals surface area (Å²) >= 11 is 0. The van der Waals surface area contributed by atoms with Crippen molar-refractivity contribution >= 4 is 17.8 Å². The monoisotopic (exact) mass is 498 g/mol. The SMILES string of the molecule is CC(C)CC(=O)OCCCOCC[N-]C(=O)CC(=O)[N-]C(C)C.[Rb+].[Rb+]. The van der Waals surface area contributed by atoms with E-state index >= 15 is 0 Å². The molecule has 0 heterocycles. The van der Waals surface area contributed by atoms with Crippen LogP contribution < -0.4 is 116 Å². The molecule has 0 radical (unpaired) electrons. The smallest absolute Gasteiger partial charge is 0.651 e. The van der Waals surface area contributed by atoms with Crippen LogP contribution in [0.3, 0.4) is 0 Å². The number of nitrogens with zero attached hydrogens (tertiary/aromatic N) is 2. The van der Waals surface area contributed by atoms with Crippen LogP contribution in [0.5, 0.6) is 0 Å². The van der Waals surface area contributed by atoms with E-state index in [-0.39, 0.29) is 147 Å². The fourth-order valence-corrected chi connectivity index (χ4v) is 1.60. The number of amides is 2. The molecule has 0 bridgehead atoms. The first-order chi connectivity index (χ1) is 10.8. The van der Waals surface area contributed by atoms with Gasteiger partial charge in [0, 0.05) is 32.5 Å². The van der Waals surface area contributed by atoms with Crippen LogP contribution in [-0.2, 0) is 23.9 Å². The van der Waals surface area contributed by atoms with Gasteiger partial charge in [-0.15, -0.1) is 12.6 Å². The van der Waals surface area contributed by atoms with E-state index in [1.54, 1.807) is 13.8 Å². The zero-order valence-electron chi connectivity index (χ0n) is 16.5. The van der Waals surface area contributed by atoms with Crippen molar-refractivity contribution in [2.75, 3.05) is 26.4 Å². The van der Waals surface area contributed by atoms with Crippen LogP contribution in [0.25, 0.3) is 10.6 Å². The number of carbonyl (C=O) groups is 3. The third-order valence-electron chi connectivity index (χ3n) is 2.50. The van der Waals surface area contributed by atoms with Crippen molar-refractivity contribution in [2.45, 2.75) is 53.0 Å². The molecule has 0 saturated carbocycles. The maximum absolute atomic E-state index is 11.4. The van der Waals surface area contributed by atoms with Crippen LogP contribution in [0.4, 0.5) is 0 Å². The molecule has 0 aromatic heterocycles. The molecule has 0 fully saturated rings. The van der Waals surface area contributed by atoms with Crippen LogP contribution in [0.1, 0.15) is 47.0 Å². The third kappa shape index (κ3) is 23.9. The molecule has 0 aromatic carbocycles. The first-order valence-corrected chi connectivity index (χ1v) is 7.98. The zero-order chi connectivity index (χ0) is 17.7. The summed E-state index contributed by atoms with van der Waals surface area (Å²) < 4.78 is 10.3. The van der Waals surface area contributed by atoms with E-state index in [1.165, 1.54) is 0 Å². The average molecular weight is 499 g/mol. The molecule has 0 rings (SSSR count). The van der Waals surface area contributed by atoms with Gasteiger partial charge in [0.05, 0.1) is 18.4 Å². The molecule has 0 atom stereocenters. The predicted molar refractivity (Wildman–Crippen MR) is 87.2 cm³/mol. The Hall–Kier alpha value is 1.98. The molecular weight excluding hydrogens is 471 g/mol. The van der Waals surface area contributed by atoms with Gasteiger partial charge in [0.1, 0.15) is 0 Å². The van der Waals surface area contributed by atoms with E-state index in [4.69, 9.17) is 9.47 Å². The average Bonchev–Trinajstić information content (AvgIpc) is 2.39. The molecule has 0 aliphatic rings. The second-order valence-corrected chi connectivity index (χ2v) is 5.85. The Bertz CT molecular complexity index is 380. The van der Waals surface area contributed by atoms with Crippen molar-refractivity contribution in [3.63, 3.8) is 0 Å². The maximum Gasteiger partial charge on any atom is 1.00 e. The number of carbonyl (C=O) groups excluding carboxylic acids is 3. The zero-order valence-corrected chi connectivity index (χ0v) is 26.4. The normalized spacial score (nSPS) is 9.84. The number of rotatable bonds is 12. The summed E-state index contributed by atoms with van der Waals surface area (Å²) in [5.74, 6) is -0.835. The molecule has 0 unspecified atom stereocenters. The van der Waals surface area contributed by atoms with Crippen LogP contribution in [0.2, 0.25) is 0 Å². The van der Waals surface area contributed by atoms with Gasteiger partial charge in [-0.05, 0) is 5.92 Å². The van der Waals surface area contributed by atoms with Crippen molar-refractivity contribution in [3.05, 3.63) is 10.6 Å². The summed E-state index contributed by atoms with van der Waals surface area (Å²) in [7, 11) is 0. The molecule has 0 aliphatic carbocycles. The number of esters is 1. The van der Waals surface area contributed by atoms with E-state index in [1.807, 2.05) is 13.8 Å². The summed E-state index contributed by atoms with van der Waals surface area (Å²) in [6, 6.07) is -0.117. The van der Waals surface area contributed by atoms with Gasteiger partial charge in [0.15, 0.2) is 0 Å². The molecule has 0 aliphatic heterocycles. The van der Waals surface area contributed by atoms with Crippen molar-refractivity contribution in [1.29, 1.82) is 0 Å². The first kappa shape index (κ1) is 31.7. The Morgan fingerprint density at radius 2 is 1.56 bits per heavy atom. The standard InChI is InChI=1S/C16H30N2O5.2Rb/c1-12(2)10-16(21)23-8-5-7-22-9-6-17-14(19)11-15(20)18-13(3)4;;/h12-13H,5-11H2,1-4H3,(H2,17,18,19,20);;/q;2*+1/p-2. The fourth-order valence-electron chi connectivity index (χ4n) is 1.60. The van der Waals surface area contributed by atoms with E-state index in [0.717, 1.165) is 0 Å². The molecule has 0 spiro atoms. The van der Waals surface area contributed by atoms with Crippen molar-refractivity contribution in [1.82, 2.24) is 0 Å². The Balaban J connectivity index is -0.00000242. The molecule has 7 nitrogen and oxygen atoms in total. The van der Waals surface area contributed by atoms with Gasteiger partial charge >= 0.3 is 122 Å². The number of ether oxygens (including phenoxy) is 2. The summed E-state index contributed by atoms with van der Waals surface area (Å²) in [5, 5.41) is 7.46. The molecule has 0 aromatic rings. The summed E-state index contributed by atoms with van der Waals surface area (Å²) in [4.78, 5) is 33.9.